The Labute approximate surface area is 167 Å². The minimum Gasteiger partial charge on any atom is -0.493 e. The maximum atomic E-state index is 13.2. The first-order valence-electron chi connectivity index (χ1n) is 8.63. The van der Waals surface area contributed by atoms with Gasteiger partial charge in [0.05, 0.1) is 6.61 Å². The molecule has 0 radical (unpaired) electrons. The van der Waals surface area contributed by atoms with Crippen molar-refractivity contribution in [1.29, 1.82) is 0 Å². The van der Waals surface area contributed by atoms with Crippen molar-refractivity contribution in [2.45, 2.75) is 24.8 Å². The van der Waals surface area contributed by atoms with Crippen LogP contribution in [0.2, 0.25) is 5.02 Å². The summed E-state index contributed by atoms with van der Waals surface area (Å²) in [6.45, 7) is 4.93. The normalized spacial score (nSPS) is 11.2. The van der Waals surface area contributed by atoms with E-state index in [0.717, 1.165) is 27.9 Å². The second-order valence-corrected chi connectivity index (χ2v) is 7.97. The Hall–Kier alpha value is -2.05. The fourth-order valence-electron chi connectivity index (χ4n) is 2.44. The van der Waals surface area contributed by atoms with E-state index < -0.39 is 0 Å². The molecule has 27 heavy (non-hydrogen) atoms. The van der Waals surface area contributed by atoms with Crippen LogP contribution in [0.15, 0.2) is 47.6 Å². The minimum atomic E-state index is -0.337. The molecule has 0 unspecified atom stereocenters. The van der Waals surface area contributed by atoms with Gasteiger partial charge in [-0.3, -0.25) is 0 Å². The van der Waals surface area contributed by atoms with Crippen LogP contribution >= 0.6 is 23.4 Å². The standard InChI is InChI=1S/C20H21ClFN3OS/c1-13(2)11-26-17-8-5-14(6-9-17)19-23-24-20(25(19)3)27-12-15-4-7-16(22)10-18(15)21/h4-10,13H,11-12H2,1-3H3. The molecule has 1 heterocycles. The predicted octanol–water partition coefficient (Wildman–Crippen LogP) is 5.60. The first-order chi connectivity index (χ1) is 12.9. The second-order valence-electron chi connectivity index (χ2n) is 6.62. The number of rotatable bonds is 7. The monoisotopic (exact) mass is 405 g/mol. The molecule has 0 saturated heterocycles. The van der Waals surface area contributed by atoms with Crippen molar-refractivity contribution in [3.05, 3.63) is 58.9 Å². The van der Waals surface area contributed by atoms with Crippen molar-refractivity contribution in [2.24, 2.45) is 13.0 Å². The number of thioether (sulfide) groups is 1. The summed E-state index contributed by atoms with van der Waals surface area (Å²) in [4.78, 5) is 0. The molecule has 142 valence electrons. The van der Waals surface area contributed by atoms with Gasteiger partial charge in [0.1, 0.15) is 11.6 Å². The third-order valence-electron chi connectivity index (χ3n) is 3.90. The van der Waals surface area contributed by atoms with E-state index in [1.54, 1.807) is 6.07 Å². The highest BCUT2D eigenvalue weighted by molar-refractivity contribution is 7.98. The van der Waals surface area contributed by atoms with Crippen LogP contribution in [0.1, 0.15) is 19.4 Å². The number of nitrogens with zero attached hydrogens (tertiary/aromatic N) is 3. The number of aromatic nitrogens is 3. The maximum Gasteiger partial charge on any atom is 0.191 e. The van der Waals surface area contributed by atoms with Crippen molar-refractivity contribution in [1.82, 2.24) is 14.8 Å². The predicted molar refractivity (Wildman–Crippen MR) is 108 cm³/mol. The molecule has 0 bridgehead atoms. The molecule has 3 rings (SSSR count). The maximum absolute atomic E-state index is 13.2. The van der Waals surface area contributed by atoms with E-state index >= 15 is 0 Å². The molecule has 0 aliphatic carbocycles. The first kappa shape index (κ1) is 19.7. The molecule has 0 amide bonds. The molecule has 4 nitrogen and oxygen atoms in total. The molecule has 0 atom stereocenters. The van der Waals surface area contributed by atoms with Crippen molar-refractivity contribution in [3.8, 4) is 17.1 Å². The van der Waals surface area contributed by atoms with Gasteiger partial charge in [0.15, 0.2) is 11.0 Å². The number of ether oxygens (including phenoxy) is 1. The molecule has 1 aromatic heterocycles. The number of hydrogen-bond acceptors (Lipinski definition) is 4. The van der Waals surface area contributed by atoms with Gasteiger partial charge in [0.2, 0.25) is 0 Å². The fraction of sp³-hybridized carbons (Fsp3) is 0.300. The molecule has 7 heteroatoms. The molecule has 3 aromatic rings. The molecule has 0 saturated carbocycles. The molecule has 2 aromatic carbocycles. The van der Waals surface area contributed by atoms with Crippen molar-refractivity contribution >= 4 is 23.4 Å². The van der Waals surface area contributed by atoms with Crippen LogP contribution in [0.3, 0.4) is 0 Å². The lowest BCUT2D eigenvalue weighted by Gasteiger charge is -2.09. The van der Waals surface area contributed by atoms with Gasteiger partial charge in [0, 0.05) is 23.4 Å². The Balaban J connectivity index is 1.69. The van der Waals surface area contributed by atoms with Gasteiger partial charge in [0.25, 0.3) is 0 Å². The SMILES string of the molecule is CC(C)COc1ccc(-c2nnc(SCc3ccc(F)cc3Cl)n2C)cc1. The van der Waals surface area contributed by atoms with Crippen molar-refractivity contribution in [2.75, 3.05) is 6.61 Å². The van der Waals surface area contributed by atoms with Crippen LogP contribution in [-0.2, 0) is 12.8 Å². The summed E-state index contributed by atoms with van der Waals surface area (Å²) >= 11 is 7.60. The molecular formula is C20H21ClFN3OS. The Morgan fingerprint density at radius 3 is 2.56 bits per heavy atom. The summed E-state index contributed by atoms with van der Waals surface area (Å²) in [6.07, 6.45) is 0. The smallest absolute Gasteiger partial charge is 0.191 e. The van der Waals surface area contributed by atoms with E-state index in [1.807, 2.05) is 35.9 Å². The molecule has 0 aliphatic heterocycles. The number of halogens is 2. The number of benzene rings is 2. The summed E-state index contributed by atoms with van der Waals surface area (Å²) < 4.78 is 20.8. The molecule has 0 aliphatic rings. The molecular weight excluding hydrogens is 385 g/mol. The quantitative estimate of drug-likeness (QED) is 0.479. The van der Waals surface area contributed by atoms with Crippen LogP contribution in [-0.4, -0.2) is 21.4 Å². The Bertz CT molecular complexity index is 912. The van der Waals surface area contributed by atoms with Crippen LogP contribution < -0.4 is 4.74 Å². The van der Waals surface area contributed by atoms with Crippen LogP contribution in [0.4, 0.5) is 4.39 Å². The summed E-state index contributed by atoms with van der Waals surface area (Å²) in [6, 6.07) is 12.3. The second kappa shape index (κ2) is 8.76. The minimum absolute atomic E-state index is 0.337. The zero-order valence-electron chi connectivity index (χ0n) is 15.4. The molecule has 0 fully saturated rings. The van der Waals surface area contributed by atoms with Gasteiger partial charge < -0.3 is 9.30 Å². The highest BCUT2D eigenvalue weighted by Gasteiger charge is 2.12. The van der Waals surface area contributed by atoms with E-state index in [-0.39, 0.29) is 5.82 Å². The Morgan fingerprint density at radius 1 is 1.15 bits per heavy atom. The van der Waals surface area contributed by atoms with Gasteiger partial charge in [-0.25, -0.2) is 4.39 Å². The molecule has 0 N–H and O–H groups in total. The van der Waals surface area contributed by atoms with Crippen LogP contribution in [0.5, 0.6) is 5.75 Å². The van der Waals surface area contributed by atoms with E-state index in [0.29, 0.717) is 23.3 Å². The molecule has 0 spiro atoms. The lowest BCUT2D eigenvalue weighted by atomic mass is 10.2. The van der Waals surface area contributed by atoms with Gasteiger partial charge >= 0.3 is 0 Å². The lowest BCUT2D eigenvalue weighted by molar-refractivity contribution is 0.271. The highest BCUT2D eigenvalue weighted by atomic mass is 35.5. The summed E-state index contributed by atoms with van der Waals surface area (Å²) in [5, 5.41) is 9.75. The Kier molecular flexibility index (Phi) is 6.39. The zero-order chi connectivity index (χ0) is 19.4. The third kappa shape index (κ3) is 5.02. The van der Waals surface area contributed by atoms with E-state index in [2.05, 4.69) is 24.0 Å². The van der Waals surface area contributed by atoms with Crippen molar-refractivity contribution < 1.29 is 9.13 Å². The van der Waals surface area contributed by atoms with Gasteiger partial charge in [-0.05, 0) is 47.9 Å². The summed E-state index contributed by atoms with van der Waals surface area (Å²) in [5.74, 6) is 2.36. The fourth-order valence-corrected chi connectivity index (χ4v) is 3.66. The van der Waals surface area contributed by atoms with E-state index in [9.17, 15) is 4.39 Å². The topological polar surface area (TPSA) is 39.9 Å². The first-order valence-corrected chi connectivity index (χ1v) is 9.99. The number of hydrogen-bond donors (Lipinski definition) is 0. The van der Waals surface area contributed by atoms with Crippen LogP contribution in [0.25, 0.3) is 11.4 Å². The summed E-state index contributed by atoms with van der Waals surface area (Å²) in [7, 11) is 1.92. The lowest BCUT2D eigenvalue weighted by Crippen LogP contribution is -2.04. The Morgan fingerprint density at radius 2 is 1.89 bits per heavy atom. The highest BCUT2D eigenvalue weighted by Crippen LogP contribution is 2.29. The zero-order valence-corrected chi connectivity index (χ0v) is 17.0. The summed E-state index contributed by atoms with van der Waals surface area (Å²) in [5.41, 5.74) is 1.83. The average Bonchev–Trinajstić information content (AvgIpc) is 3.00. The van der Waals surface area contributed by atoms with E-state index in [1.165, 1.54) is 23.9 Å². The third-order valence-corrected chi connectivity index (χ3v) is 5.32. The van der Waals surface area contributed by atoms with Gasteiger partial charge in [-0.15, -0.1) is 10.2 Å². The average molecular weight is 406 g/mol. The van der Waals surface area contributed by atoms with Crippen LogP contribution in [0, 0.1) is 11.7 Å². The van der Waals surface area contributed by atoms with E-state index in [4.69, 9.17) is 16.3 Å². The van der Waals surface area contributed by atoms with Gasteiger partial charge in [-0.1, -0.05) is 43.3 Å². The van der Waals surface area contributed by atoms with Gasteiger partial charge in [-0.2, -0.15) is 0 Å². The van der Waals surface area contributed by atoms with Crippen molar-refractivity contribution in [3.63, 3.8) is 0 Å². The largest absolute Gasteiger partial charge is 0.493 e.